The number of hydrogen-bond acceptors (Lipinski definition) is 2. The van der Waals surface area contributed by atoms with Crippen molar-refractivity contribution < 1.29 is 4.79 Å². The highest BCUT2D eigenvalue weighted by Gasteiger charge is 2.11. The Balaban J connectivity index is 1.93. The predicted molar refractivity (Wildman–Crippen MR) is 86.7 cm³/mol. The summed E-state index contributed by atoms with van der Waals surface area (Å²) >= 11 is 6.70. The lowest BCUT2D eigenvalue weighted by Crippen LogP contribution is -2.34. The first kappa shape index (κ1) is 15.2. The molecule has 2 rings (SSSR count). The Labute approximate surface area is 135 Å². The summed E-state index contributed by atoms with van der Waals surface area (Å²) in [6.45, 7) is 1.98. The normalized spacial score (nSPS) is 11.9. The molecule has 1 amide bonds. The van der Waals surface area contributed by atoms with Crippen molar-refractivity contribution in [3.63, 3.8) is 0 Å². The highest BCUT2D eigenvalue weighted by Crippen LogP contribution is 2.12. The van der Waals surface area contributed by atoms with Gasteiger partial charge >= 0.3 is 0 Å². The van der Waals surface area contributed by atoms with E-state index in [1.807, 2.05) is 31.2 Å². The average Bonchev–Trinajstić information content (AvgIpc) is 2.42. The lowest BCUT2D eigenvalue weighted by Gasteiger charge is -2.13. The van der Waals surface area contributed by atoms with Gasteiger partial charge in [-0.15, -0.1) is 0 Å². The van der Waals surface area contributed by atoms with Crippen molar-refractivity contribution in [1.82, 2.24) is 10.3 Å². The van der Waals surface area contributed by atoms with Gasteiger partial charge in [-0.1, -0.05) is 28.1 Å². The molecule has 1 atom stereocenters. The molecule has 1 unspecified atom stereocenters. The summed E-state index contributed by atoms with van der Waals surface area (Å²) in [6, 6.07) is 11.6. The van der Waals surface area contributed by atoms with E-state index in [0.717, 1.165) is 15.4 Å². The first-order chi connectivity index (χ1) is 9.54. The van der Waals surface area contributed by atoms with E-state index in [2.05, 4.69) is 42.2 Å². The van der Waals surface area contributed by atoms with Gasteiger partial charge in [-0.25, -0.2) is 4.98 Å². The monoisotopic (exact) mass is 396 g/mol. The van der Waals surface area contributed by atoms with Crippen molar-refractivity contribution in [2.24, 2.45) is 0 Å². The standard InChI is InChI=1S/C15H14Br2N2O/c1-10(8-11-2-4-12(16)5-3-11)19-15(20)14-7-6-13(17)9-18-14/h2-7,9-10H,8H2,1H3,(H,19,20). The fraction of sp³-hybridized carbons (Fsp3) is 0.200. The Bertz CT molecular complexity index is 582. The number of pyridine rings is 1. The molecule has 0 saturated heterocycles. The minimum atomic E-state index is -0.151. The van der Waals surface area contributed by atoms with Crippen molar-refractivity contribution in [3.8, 4) is 0 Å². The molecule has 0 spiro atoms. The quantitative estimate of drug-likeness (QED) is 0.847. The van der Waals surface area contributed by atoms with Gasteiger partial charge in [-0.2, -0.15) is 0 Å². The van der Waals surface area contributed by atoms with E-state index in [-0.39, 0.29) is 11.9 Å². The zero-order valence-corrected chi connectivity index (χ0v) is 14.1. The van der Waals surface area contributed by atoms with Gasteiger partial charge in [0.05, 0.1) is 0 Å². The van der Waals surface area contributed by atoms with Crippen LogP contribution < -0.4 is 5.32 Å². The van der Waals surface area contributed by atoms with Gasteiger partial charge in [0.1, 0.15) is 5.69 Å². The number of rotatable bonds is 4. The third kappa shape index (κ3) is 4.42. The number of aromatic nitrogens is 1. The zero-order valence-electron chi connectivity index (χ0n) is 10.9. The molecule has 0 aliphatic rings. The fourth-order valence-electron chi connectivity index (χ4n) is 1.83. The minimum absolute atomic E-state index is 0.0501. The van der Waals surface area contributed by atoms with E-state index in [9.17, 15) is 4.79 Å². The summed E-state index contributed by atoms with van der Waals surface area (Å²) < 4.78 is 1.91. The molecule has 0 radical (unpaired) electrons. The molecule has 0 fully saturated rings. The van der Waals surface area contributed by atoms with Crippen LogP contribution in [0.1, 0.15) is 23.0 Å². The molecule has 5 heteroatoms. The number of halogens is 2. The molecule has 104 valence electrons. The van der Waals surface area contributed by atoms with Crippen molar-refractivity contribution in [2.75, 3.05) is 0 Å². The van der Waals surface area contributed by atoms with E-state index in [0.29, 0.717) is 5.69 Å². The number of nitrogens with one attached hydrogen (secondary N) is 1. The third-order valence-corrected chi connectivity index (χ3v) is 3.79. The molecule has 3 nitrogen and oxygen atoms in total. The lowest BCUT2D eigenvalue weighted by molar-refractivity contribution is 0.0935. The van der Waals surface area contributed by atoms with Crippen molar-refractivity contribution in [1.29, 1.82) is 0 Å². The van der Waals surface area contributed by atoms with Crippen LogP contribution in [0.4, 0.5) is 0 Å². The number of nitrogens with zero attached hydrogens (tertiary/aromatic N) is 1. The van der Waals surface area contributed by atoms with Crippen LogP contribution in [0.3, 0.4) is 0 Å². The Hall–Kier alpha value is -1.20. The van der Waals surface area contributed by atoms with Crippen LogP contribution in [-0.4, -0.2) is 16.9 Å². The largest absolute Gasteiger partial charge is 0.348 e. The molecule has 1 heterocycles. The predicted octanol–water partition coefficient (Wildman–Crippen LogP) is 3.97. The Morgan fingerprint density at radius 1 is 1.15 bits per heavy atom. The molecular weight excluding hydrogens is 384 g/mol. The average molecular weight is 398 g/mol. The second-order valence-corrected chi connectivity index (χ2v) is 6.40. The minimum Gasteiger partial charge on any atom is -0.348 e. The summed E-state index contributed by atoms with van der Waals surface area (Å²) in [5.74, 6) is -0.151. The highest BCUT2D eigenvalue weighted by atomic mass is 79.9. The molecule has 20 heavy (non-hydrogen) atoms. The number of carbonyl (C=O) groups excluding carboxylic acids is 1. The molecule has 1 aromatic carbocycles. The first-order valence-electron chi connectivity index (χ1n) is 6.21. The molecule has 0 bridgehead atoms. The second-order valence-electron chi connectivity index (χ2n) is 4.57. The van der Waals surface area contributed by atoms with E-state index in [1.54, 1.807) is 18.3 Å². The number of hydrogen-bond donors (Lipinski definition) is 1. The van der Waals surface area contributed by atoms with Gasteiger partial charge in [-0.05, 0) is 59.1 Å². The van der Waals surface area contributed by atoms with Gasteiger partial charge in [0, 0.05) is 21.2 Å². The third-order valence-electron chi connectivity index (χ3n) is 2.79. The molecule has 0 aliphatic carbocycles. The topological polar surface area (TPSA) is 42.0 Å². The number of carbonyl (C=O) groups is 1. The van der Waals surface area contributed by atoms with Crippen molar-refractivity contribution in [2.45, 2.75) is 19.4 Å². The zero-order chi connectivity index (χ0) is 14.5. The molecule has 0 saturated carbocycles. The van der Waals surface area contributed by atoms with E-state index < -0.39 is 0 Å². The van der Waals surface area contributed by atoms with E-state index in [4.69, 9.17) is 0 Å². The van der Waals surface area contributed by atoms with Gasteiger partial charge in [0.2, 0.25) is 0 Å². The van der Waals surface area contributed by atoms with Gasteiger partial charge in [0.15, 0.2) is 0 Å². The maximum atomic E-state index is 12.0. The van der Waals surface area contributed by atoms with Crippen LogP contribution in [0.25, 0.3) is 0 Å². The van der Waals surface area contributed by atoms with E-state index in [1.165, 1.54) is 5.56 Å². The van der Waals surface area contributed by atoms with Crippen molar-refractivity contribution >= 4 is 37.8 Å². The van der Waals surface area contributed by atoms with Gasteiger partial charge in [0.25, 0.3) is 5.91 Å². The Morgan fingerprint density at radius 3 is 2.40 bits per heavy atom. The second kappa shape index (κ2) is 6.99. The maximum Gasteiger partial charge on any atom is 0.270 e. The Kier molecular flexibility index (Phi) is 5.31. The smallest absolute Gasteiger partial charge is 0.270 e. The summed E-state index contributed by atoms with van der Waals surface area (Å²) in [4.78, 5) is 16.1. The van der Waals surface area contributed by atoms with Crippen LogP contribution in [0.15, 0.2) is 51.5 Å². The van der Waals surface area contributed by atoms with Crippen LogP contribution in [0.2, 0.25) is 0 Å². The molecular formula is C15H14Br2N2O. The highest BCUT2D eigenvalue weighted by molar-refractivity contribution is 9.10. The Morgan fingerprint density at radius 2 is 1.80 bits per heavy atom. The van der Waals surface area contributed by atoms with Gasteiger partial charge in [-0.3, -0.25) is 4.79 Å². The van der Waals surface area contributed by atoms with E-state index >= 15 is 0 Å². The lowest BCUT2D eigenvalue weighted by atomic mass is 10.1. The first-order valence-corrected chi connectivity index (χ1v) is 7.80. The molecule has 1 aromatic heterocycles. The van der Waals surface area contributed by atoms with Crippen LogP contribution >= 0.6 is 31.9 Å². The van der Waals surface area contributed by atoms with Crippen molar-refractivity contribution in [3.05, 3.63) is 62.8 Å². The fourth-order valence-corrected chi connectivity index (χ4v) is 2.33. The molecule has 1 N–H and O–H groups in total. The summed E-state index contributed by atoms with van der Waals surface area (Å²) in [5.41, 5.74) is 1.61. The molecule has 0 aliphatic heterocycles. The summed E-state index contributed by atoms with van der Waals surface area (Å²) in [6.07, 6.45) is 2.41. The number of benzene rings is 1. The SMILES string of the molecule is CC(Cc1ccc(Br)cc1)NC(=O)c1ccc(Br)cn1. The molecule has 2 aromatic rings. The van der Waals surface area contributed by atoms with Crippen LogP contribution in [0, 0.1) is 0 Å². The maximum absolute atomic E-state index is 12.0. The number of amides is 1. The summed E-state index contributed by atoms with van der Waals surface area (Å²) in [5, 5.41) is 2.95. The summed E-state index contributed by atoms with van der Waals surface area (Å²) in [7, 11) is 0. The van der Waals surface area contributed by atoms with Gasteiger partial charge < -0.3 is 5.32 Å². The van der Waals surface area contributed by atoms with Crippen LogP contribution in [0.5, 0.6) is 0 Å². The van der Waals surface area contributed by atoms with Crippen LogP contribution in [-0.2, 0) is 6.42 Å².